The zero-order valence-electron chi connectivity index (χ0n) is 16.4. The average Bonchev–Trinajstić information content (AvgIpc) is 2.63. The second-order valence-electron chi connectivity index (χ2n) is 6.72. The van der Waals surface area contributed by atoms with Crippen molar-refractivity contribution in [1.29, 1.82) is 0 Å². The van der Waals surface area contributed by atoms with Gasteiger partial charge >= 0.3 is 0 Å². The van der Waals surface area contributed by atoms with Gasteiger partial charge in [0.2, 0.25) is 10.0 Å². The summed E-state index contributed by atoms with van der Waals surface area (Å²) >= 11 is 0. The molecule has 5 N–H and O–H groups in total. The molecule has 1 atom stereocenters. The minimum Gasteiger partial charge on any atom is -0.508 e. The quantitative estimate of drug-likeness (QED) is 0.365. The number of nitrogens with one attached hydrogen (secondary N) is 1. The Morgan fingerprint density at radius 3 is 2.48 bits per heavy atom. The first-order chi connectivity index (χ1) is 13.7. The molecule has 1 unspecified atom stereocenters. The van der Waals surface area contributed by atoms with Crippen molar-refractivity contribution in [1.82, 2.24) is 0 Å². The molecule has 0 aliphatic carbocycles. The van der Waals surface area contributed by atoms with Crippen LogP contribution < -0.4 is 4.72 Å². The van der Waals surface area contributed by atoms with E-state index in [1.54, 1.807) is 24.3 Å². The first-order valence-corrected chi connectivity index (χ1v) is 11.1. The molecule has 0 aliphatic heterocycles. The number of hydrogen-bond acceptors (Lipinski definition) is 7. The molecular weight excluding hydrogens is 398 g/mol. The number of aliphatic hydroxyl groups excluding tert-OH is 2. The Bertz CT molecular complexity index is 944. The van der Waals surface area contributed by atoms with Crippen molar-refractivity contribution in [3.05, 3.63) is 41.5 Å². The highest BCUT2D eigenvalue weighted by Gasteiger charge is 2.19. The molecule has 0 bridgehead atoms. The van der Waals surface area contributed by atoms with E-state index in [0.29, 0.717) is 40.8 Å². The SMILES string of the molecule is CCc1c(O)cc(O)c(-c2cccc(NS(C)(=O)=O)c2)c1CCOCC(O)CO. The molecule has 8 nitrogen and oxygen atoms in total. The number of phenols is 2. The van der Waals surface area contributed by atoms with Crippen LogP contribution in [0, 0.1) is 0 Å². The summed E-state index contributed by atoms with van der Waals surface area (Å²) in [7, 11) is -3.46. The van der Waals surface area contributed by atoms with Crippen LogP contribution in [0.2, 0.25) is 0 Å². The second-order valence-corrected chi connectivity index (χ2v) is 8.47. The van der Waals surface area contributed by atoms with Crippen LogP contribution in [0.3, 0.4) is 0 Å². The minimum absolute atomic E-state index is 0.0359. The second kappa shape index (κ2) is 9.93. The Morgan fingerprint density at radius 2 is 1.86 bits per heavy atom. The molecule has 0 heterocycles. The highest BCUT2D eigenvalue weighted by atomic mass is 32.2. The number of benzene rings is 2. The van der Waals surface area contributed by atoms with E-state index in [1.807, 2.05) is 6.92 Å². The van der Waals surface area contributed by atoms with Crippen molar-refractivity contribution < 1.29 is 33.6 Å². The molecule has 160 valence electrons. The number of aliphatic hydroxyl groups is 2. The van der Waals surface area contributed by atoms with Gasteiger partial charge in [-0.25, -0.2) is 8.42 Å². The predicted octanol–water partition coefficient (Wildman–Crippen LogP) is 1.61. The normalized spacial score (nSPS) is 12.7. The number of phenolic OH excluding ortho intramolecular Hbond substituents is 2. The Kier molecular flexibility index (Phi) is 7.86. The fourth-order valence-electron chi connectivity index (χ4n) is 3.14. The smallest absolute Gasteiger partial charge is 0.229 e. The van der Waals surface area contributed by atoms with Gasteiger partial charge in [0, 0.05) is 17.3 Å². The number of rotatable bonds is 10. The first-order valence-electron chi connectivity index (χ1n) is 9.17. The third kappa shape index (κ3) is 6.33. The van der Waals surface area contributed by atoms with Gasteiger partial charge in [0.25, 0.3) is 0 Å². The van der Waals surface area contributed by atoms with Crippen LogP contribution in [-0.4, -0.2) is 61.0 Å². The molecule has 0 aliphatic rings. The van der Waals surface area contributed by atoms with Crippen molar-refractivity contribution in [3.63, 3.8) is 0 Å². The average molecular weight is 426 g/mol. The summed E-state index contributed by atoms with van der Waals surface area (Å²) in [5.74, 6) is -0.175. The van der Waals surface area contributed by atoms with Crippen LogP contribution in [0.4, 0.5) is 5.69 Å². The Balaban J connectivity index is 2.44. The maximum atomic E-state index is 11.5. The van der Waals surface area contributed by atoms with Gasteiger partial charge in [-0.05, 0) is 41.7 Å². The van der Waals surface area contributed by atoms with E-state index in [1.165, 1.54) is 6.07 Å². The molecule has 0 fully saturated rings. The van der Waals surface area contributed by atoms with Crippen molar-refractivity contribution in [2.24, 2.45) is 0 Å². The highest BCUT2D eigenvalue weighted by Crippen LogP contribution is 2.40. The molecule has 2 aromatic rings. The van der Waals surface area contributed by atoms with E-state index in [-0.39, 0.29) is 24.7 Å². The zero-order valence-corrected chi connectivity index (χ0v) is 17.2. The molecule has 2 rings (SSSR count). The van der Waals surface area contributed by atoms with E-state index < -0.39 is 22.7 Å². The summed E-state index contributed by atoms with van der Waals surface area (Å²) < 4.78 is 30.9. The monoisotopic (exact) mass is 425 g/mol. The van der Waals surface area contributed by atoms with Gasteiger partial charge in [0.15, 0.2) is 0 Å². The van der Waals surface area contributed by atoms with E-state index in [2.05, 4.69) is 4.72 Å². The van der Waals surface area contributed by atoms with Gasteiger partial charge < -0.3 is 25.2 Å². The molecule has 0 aromatic heterocycles. The van der Waals surface area contributed by atoms with Gasteiger partial charge in [-0.15, -0.1) is 0 Å². The maximum Gasteiger partial charge on any atom is 0.229 e. The van der Waals surface area contributed by atoms with E-state index in [9.17, 15) is 23.7 Å². The van der Waals surface area contributed by atoms with Crippen molar-refractivity contribution in [2.75, 3.05) is 30.8 Å². The molecule has 0 saturated heterocycles. The topological polar surface area (TPSA) is 136 Å². The lowest BCUT2D eigenvalue weighted by molar-refractivity contribution is 0.00720. The summed E-state index contributed by atoms with van der Waals surface area (Å²) in [4.78, 5) is 0. The summed E-state index contributed by atoms with van der Waals surface area (Å²) in [6.07, 6.45) is 0.921. The molecule has 0 spiro atoms. The zero-order chi connectivity index (χ0) is 21.6. The number of sulfonamides is 1. The van der Waals surface area contributed by atoms with Crippen LogP contribution >= 0.6 is 0 Å². The standard InChI is InChI=1S/C20H27NO7S/c1-3-16-17(7-8-28-12-15(23)11-22)20(19(25)10-18(16)24)13-5-4-6-14(9-13)21-29(2,26)27/h4-6,9-10,15,21-25H,3,7-8,11-12H2,1-2H3. The summed E-state index contributed by atoms with van der Waals surface area (Å²) in [6, 6.07) is 7.87. The molecule has 9 heteroatoms. The van der Waals surface area contributed by atoms with Gasteiger partial charge in [-0.1, -0.05) is 19.1 Å². The molecule has 2 aromatic carbocycles. The fourth-order valence-corrected chi connectivity index (χ4v) is 3.70. The lowest BCUT2D eigenvalue weighted by Crippen LogP contribution is -2.20. The lowest BCUT2D eigenvalue weighted by atomic mass is 9.90. The molecular formula is C20H27NO7S. The first kappa shape index (κ1) is 23.0. The van der Waals surface area contributed by atoms with Crippen LogP contribution in [0.5, 0.6) is 11.5 Å². The summed E-state index contributed by atoms with van der Waals surface area (Å²) in [6.45, 7) is 1.63. The van der Waals surface area contributed by atoms with Gasteiger partial charge in [-0.2, -0.15) is 0 Å². The van der Waals surface area contributed by atoms with Crippen molar-refractivity contribution in [3.8, 4) is 22.6 Å². The Hall–Kier alpha value is -2.33. The Labute approximate surface area is 170 Å². The Morgan fingerprint density at radius 1 is 1.14 bits per heavy atom. The van der Waals surface area contributed by atoms with Gasteiger partial charge in [0.1, 0.15) is 17.6 Å². The van der Waals surface area contributed by atoms with Crippen molar-refractivity contribution >= 4 is 15.7 Å². The number of aromatic hydroxyl groups is 2. The van der Waals surface area contributed by atoms with Gasteiger partial charge in [0.05, 0.1) is 26.1 Å². The largest absolute Gasteiger partial charge is 0.508 e. The lowest BCUT2D eigenvalue weighted by Gasteiger charge is -2.19. The van der Waals surface area contributed by atoms with E-state index in [4.69, 9.17) is 9.84 Å². The summed E-state index contributed by atoms with van der Waals surface area (Å²) in [5.41, 5.74) is 2.72. The third-order valence-electron chi connectivity index (χ3n) is 4.33. The predicted molar refractivity (Wildman–Crippen MR) is 111 cm³/mol. The number of anilines is 1. The molecule has 0 saturated carbocycles. The van der Waals surface area contributed by atoms with Crippen LogP contribution in [0.1, 0.15) is 18.1 Å². The maximum absolute atomic E-state index is 11.5. The summed E-state index contributed by atoms with van der Waals surface area (Å²) in [5, 5.41) is 39.1. The van der Waals surface area contributed by atoms with Crippen LogP contribution in [0.15, 0.2) is 30.3 Å². The highest BCUT2D eigenvalue weighted by molar-refractivity contribution is 7.92. The minimum atomic E-state index is -3.46. The van der Waals surface area contributed by atoms with Crippen LogP contribution in [-0.2, 0) is 27.6 Å². The molecule has 29 heavy (non-hydrogen) atoms. The van der Waals surface area contributed by atoms with E-state index in [0.717, 1.165) is 6.26 Å². The van der Waals surface area contributed by atoms with Crippen LogP contribution in [0.25, 0.3) is 11.1 Å². The van der Waals surface area contributed by atoms with Gasteiger partial charge in [-0.3, -0.25) is 4.72 Å². The fraction of sp³-hybridized carbons (Fsp3) is 0.400. The molecule has 0 radical (unpaired) electrons. The van der Waals surface area contributed by atoms with E-state index >= 15 is 0 Å². The number of hydrogen-bond donors (Lipinski definition) is 5. The number of ether oxygens (including phenoxy) is 1. The van der Waals surface area contributed by atoms with Crippen molar-refractivity contribution in [2.45, 2.75) is 25.9 Å². The third-order valence-corrected chi connectivity index (χ3v) is 4.94. The molecule has 0 amide bonds.